The van der Waals surface area contributed by atoms with Crippen LogP contribution in [0.25, 0.3) is 0 Å². The predicted molar refractivity (Wildman–Crippen MR) is 90.2 cm³/mol. The van der Waals surface area contributed by atoms with E-state index >= 15 is 0 Å². The van der Waals surface area contributed by atoms with Crippen molar-refractivity contribution in [2.24, 2.45) is 5.14 Å². The van der Waals surface area contributed by atoms with Gasteiger partial charge in [-0.05, 0) is 42.7 Å². The summed E-state index contributed by atoms with van der Waals surface area (Å²) in [6.07, 6.45) is 1.51. The topological polar surface area (TPSA) is 107 Å². The summed E-state index contributed by atoms with van der Waals surface area (Å²) in [4.78, 5) is 12.3. The fourth-order valence-corrected chi connectivity index (χ4v) is 3.72. The van der Waals surface area contributed by atoms with Crippen molar-refractivity contribution < 1.29 is 17.7 Å². The average molecular weight is 365 g/mol. The lowest BCUT2D eigenvalue weighted by Crippen LogP contribution is -2.24. The number of nitrogens with zero attached hydrogens (tertiary/aromatic N) is 2. The van der Waals surface area contributed by atoms with Crippen LogP contribution in [0, 0.1) is 15.9 Å². The first kappa shape index (κ1) is 17.3. The molecule has 7 nitrogen and oxygen atoms in total. The predicted octanol–water partition coefficient (Wildman–Crippen LogP) is 2.72. The molecule has 2 N–H and O–H groups in total. The molecule has 1 heterocycles. The minimum absolute atomic E-state index is 0.213. The Morgan fingerprint density at radius 2 is 2.00 bits per heavy atom. The van der Waals surface area contributed by atoms with E-state index in [-0.39, 0.29) is 22.4 Å². The van der Waals surface area contributed by atoms with Crippen molar-refractivity contribution in [2.45, 2.75) is 23.8 Å². The summed E-state index contributed by atoms with van der Waals surface area (Å²) in [5.74, 6) is -0.372. The highest BCUT2D eigenvalue weighted by molar-refractivity contribution is 7.89. The van der Waals surface area contributed by atoms with Crippen molar-refractivity contribution in [1.29, 1.82) is 0 Å². The molecule has 2 aromatic carbocycles. The third-order valence-electron chi connectivity index (χ3n) is 4.27. The fourth-order valence-electron chi connectivity index (χ4n) is 3.18. The van der Waals surface area contributed by atoms with Gasteiger partial charge in [0.1, 0.15) is 11.5 Å². The van der Waals surface area contributed by atoms with Crippen molar-refractivity contribution in [3.05, 3.63) is 64.0 Å². The van der Waals surface area contributed by atoms with Crippen LogP contribution in [0.5, 0.6) is 0 Å². The van der Waals surface area contributed by atoms with Crippen LogP contribution in [-0.4, -0.2) is 19.9 Å². The van der Waals surface area contributed by atoms with Crippen LogP contribution in [0.2, 0.25) is 0 Å². The maximum absolute atomic E-state index is 13.5. The monoisotopic (exact) mass is 365 g/mol. The van der Waals surface area contributed by atoms with E-state index in [1.807, 2.05) is 0 Å². The second-order valence-corrected chi connectivity index (χ2v) is 7.42. The number of halogens is 1. The maximum atomic E-state index is 13.5. The molecule has 9 heteroatoms. The molecular formula is C16H16FN3O4S. The highest BCUT2D eigenvalue weighted by atomic mass is 32.2. The largest absolute Gasteiger partial charge is 0.359 e. The number of rotatable bonds is 4. The minimum atomic E-state index is -4.04. The number of benzene rings is 2. The molecule has 0 amide bonds. The molecular weight excluding hydrogens is 349 g/mol. The lowest BCUT2D eigenvalue weighted by Gasteiger charge is -2.27. The van der Waals surface area contributed by atoms with Gasteiger partial charge in [0.15, 0.2) is 0 Å². The Morgan fingerprint density at radius 3 is 2.64 bits per heavy atom. The smallest absolute Gasteiger partial charge is 0.293 e. The van der Waals surface area contributed by atoms with Crippen LogP contribution in [0.1, 0.15) is 24.4 Å². The molecule has 1 aliphatic heterocycles. The SMILES string of the molecule is NS(=O)(=O)c1ccc(N2CCC[C@H]2c2cccc(F)c2)c([N+](=O)[O-])c1. The van der Waals surface area contributed by atoms with Gasteiger partial charge in [0.25, 0.3) is 5.69 Å². The number of nitro benzene ring substituents is 1. The van der Waals surface area contributed by atoms with Crippen LogP contribution in [0.15, 0.2) is 47.4 Å². The van der Waals surface area contributed by atoms with Gasteiger partial charge in [-0.2, -0.15) is 0 Å². The Bertz CT molecular complexity index is 933. The van der Waals surface area contributed by atoms with E-state index in [0.29, 0.717) is 12.2 Å². The molecule has 2 aromatic rings. The van der Waals surface area contributed by atoms with E-state index in [2.05, 4.69) is 0 Å². The summed E-state index contributed by atoms with van der Waals surface area (Å²) in [5, 5.41) is 16.5. The summed E-state index contributed by atoms with van der Waals surface area (Å²) >= 11 is 0. The van der Waals surface area contributed by atoms with Crippen molar-refractivity contribution in [2.75, 3.05) is 11.4 Å². The van der Waals surface area contributed by atoms with Gasteiger partial charge in [0, 0.05) is 12.6 Å². The molecule has 0 bridgehead atoms. The normalized spacial score (nSPS) is 17.7. The van der Waals surface area contributed by atoms with Crippen LogP contribution < -0.4 is 10.0 Å². The van der Waals surface area contributed by atoms with Crippen molar-refractivity contribution >= 4 is 21.4 Å². The summed E-state index contributed by atoms with van der Waals surface area (Å²) in [7, 11) is -4.04. The van der Waals surface area contributed by atoms with E-state index < -0.39 is 14.9 Å². The van der Waals surface area contributed by atoms with Crippen LogP contribution in [0.4, 0.5) is 15.8 Å². The molecule has 0 aromatic heterocycles. The van der Waals surface area contributed by atoms with E-state index in [1.54, 1.807) is 17.0 Å². The molecule has 1 fully saturated rings. The van der Waals surface area contributed by atoms with Crippen LogP contribution >= 0.6 is 0 Å². The lowest BCUT2D eigenvalue weighted by molar-refractivity contribution is -0.384. The average Bonchev–Trinajstić information content (AvgIpc) is 3.02. The molecule has 3 rings (SSSR count). The van der Waals surface area contributed by atoms with Gasteiger partial charge in [0.2, 0.25) is 10.0 Å². The molecule has 0 spiro atoms. The molecule has 0 aliphatic carbocycles. The van der Waals surface area contributed by atoms with Crippen molar-refractivity contribution in [3.8, 4) is 0 Å². The Hall–Kier alpha value is -2.52. The van der Waals surface area contributed by atoms with Gasteiger partial charge in [0.05, 0.1) is 15.9 Å². The van der Waals surface area contributed by atoms with Gasteiger partial charge >= 0.3 is 0 Å². The second-order valence-electron chi connectivity index (χ2n) is 5.86. The Balaban J connectivity index is 2.07. The van der Waals surface area contributed by atoms with E-state index in [4.69, 9.17) is 5.14 Å². The number of hydrogen-bond donors (Lipinski definition) is 1. The number of anilines is 1. The second kappa shape index (κ2) is 6.41. The van der Waals surface area contributed by atoms with Gasteiger partial charge in [-0.25, -0.2) is 17.9 Å². The molecule has 0 unspecified atom stereocenters. The van der Waals surface area contributed by atoms with E-state index in [9.17, 15) is 22.9 Å². The zero-order valence-corrected chi connectivity index (χ0v) is 13.9. The standard InChI is InChI=1S/C16H16FN3O4S/c17-12-4-1-3-11(9-12)14-5-2-8-19(14)15-7-6-13(25(18,23)24)10-16(15)20(21)22/h1,3-4,6-7,9-10,14H,2,5,8H2,(H2,18,23,24)/t14-/m0/s1. The first-order valence-electron chi connectivity index (χ1n) is 7.61. The van der Waals surface area contributed by atoms with Gasteiger partial charge in [-0.3, -0.25) is 10.1 Å². The number of primary sulfonamides is 1. The molecule has 1 aliphatic rings. The van der Waals surface area contributed by atoms with Gasteiger partial charge in [-0.1, -0.05) is 12.1 Å². The number of nitrogens with two attached hydrogens (primary N) is 1. The molecule has 25 heavy (non-hydrogen) atoms. The minimum Gasteiger partial charge on any atom is -0.359 e. The number of sulfonamides is 1. The third-order valence-corrected chi connectivity index (χ3v) is 5.18. The van der Waals surface area contributed by atoms with Gasteiger partial charge in [-0.15, -0.1) is 0 Å². The third kappa shape index (κ3) is 3.47. The molecule has 0 radical (unpaired) electrons. The lowest BCUT2D eigenvalue weighted by atomic mass is 10.0. The van der Waals surface area contributed by atoms with Crippen LogP contribution in [0.3, 0.4) is 0 Å². The maximum Gasteiger partial charge on any atom is 0.293 e. The van der Waals surface area contributed by atoms with E-state index in [1.165, 1.54) is 24.3 Å². The first-order chi connectivity index (χ1) is 11.8. The summed E-state index contributed by atoms with van der Waals surface area (Å²) in [6.45, 7) is 0.552. The van der Waals surface area contributed by atoms with Crippen molar-refractivity contribution in [1.82, 2.24) is 0 Å². The molecule has 0 saturated carbocycles. The number of hydrogen-bond acceptors (Lipinski definition) is 5. The highest BCUT2D eigenvalue weighted by Crippen LogP contribution is 2.41. The Labute approximate surface area is 144 Å². The quantitative estimate of drug-likeness (QED) is 0.662. The zero-order chi connectivity index (χ0) is 18.2. The number of nitro groups is 1. The summed E-state index contributed by atoms with van der Waals surface area (Å²) in [5.41, 5.74) is 0.682. The van der Waals surface area contributed by atoms with Crippen molar-refractivity contribution in [3.63, 3.8) is 0 Å². The Kier molecular flexibility index (Phi) is 4.44. The summed E-state index contributed by atoms with van der Waals surface area (Å²) in [6, 6.07) is 9.50. The Morgan fingerprint density at radius 1 is 1.24 bits per heavy atom. The van der Waals surface area contributed by atoms with Crippen LogP contribution in [-0.2, 0) is 10.0 Å². The zero-order valence-electron chi connectivity index (χ0n) is 13.1. The first-order valence-corrected chi connectivity index (χ1v) is 9.15. The molecule has 132 valence electrons. The highest BCUT2D eigenvalue weighted by Gasteiger charge is 2.31. The molecule has 1 atom stereocenters. The molecule has 1 saturated heterocycles. The summed E-state index contributed by atoms with van der Waals surface area (Å²) < 4.78 is 36.5. The van der Waals surface area contributed by atoms with E-state index in [0.717, 1.165) is 24.5 Å². The fraction of sp³-hybridized carbons (Fsp3) is 0.250. The van der Waals surface area contributed by atoms with Gasteiger partial charge < -0.3 is 4.90 Å².